The zero-order chi connectivity index (χ0) is 24.7. The first-order valence-corrected chi connectivity index (χ1v) is 10.7. The first-order chi connectivity index (χ1) is 16.7. The van der Waals surface area contributed by atoms with E-state index in [1.807, 2.05) is 0 Å². The van der Waals surface area contributed by atoms with Crippen molar-refractivity contribution >= 4 is 28.9 Å². The number of anilines is 1. The number of carboxylic acid groups (broad SMARTS) is 1. The van der Waals surface area contributed by atoms with E-state index in [1.165, 1.54) is 18.1 Å². The number of hydrogen-bond donors (Lipinski definition) is 1. The van der Waals surface area contributed by atoms with Crippen LogP contribution in [0, 0.1) is 0 Å². The van der Waals surface area contributed by atoms with Crippen LogP contribution in [0.2, 0.25) is 0 Å². The van der Waals surface area contributed by atoms with Gasteiger partial charge in [-0.3, -0.25) is 14.7 Å². The number of amides is 2. The molecule has 12 heteroatoms. The van der Waals surface area contributed by atoms with Gasteiger partial charge < -0.3 is 18.8 Å². The van der Waals surface area contributed by atoms with Crippen molar-refractivity contribution < 1.29 is 32.3 Å². The molecule has 3 aromatic heterocycles. The summed E-state index contributed by atoms with van der Waals surface area (Å²) >= 11 is 0. The molecule has 4 aromatic rings. The van der Waals surface area contributed by atoms with E-state index >= 15 is 0 Å². The summed E-state index contributed by atoms with van der Waals surface area (Å²) in [6.07, 6.45) is 0.665. The van der Waals surface area contributed by atoms with Crippen molar-refractivity contribution in [3.63, 3.8) is 0 Å². The minimum Gasteiger partial charge on any atom is -0.465 e. The van der Waals surface area contributed by atoms with Crippen molar-refractivity contribution in [2.75, 3.05) is 25.0 Å². The third-order valence-electron chi connectivity index (χ3n) is 5.90. The van der Waals surface area contributed by atoms with E-state index in [1.54, 1.807) is 30.3 Å². The van der Waals surface area contributed by atoms with Gasteiger partial charge in [-0.05, 0) is 24.3 Å². The lowest BCUT2D eigenvalue weighted by atomic mass is 10.0. The molecule has 0 bridgehead atoms. The van der Waals surface area contributed by atoms with Crippen molar-refractivity contribution in [1.29, 1.82) is 0 Å². The Labute approximate surface area is 196 Å². The van der Waals surface area contributed by atoms with E-state index < -0.39 is 12.0 Å². The number of nitrogens with zero attached hydrogens (tertiary/aromatic N) is 5. The zero-order valence-corrected chi connectivity index (χ0v) is 18.4. The van der Waals surface area contributed by atoms with Gasteiger partial charge in [-0.25, -0.2) is 13.6 Å². The number of rotatable bonds is 4. The van der Waals surface area contributed by atoms with Gasteiger partial charge >= 0.3 is 6.09 Å². The van der Waals surface area contributed by atoms with Crippen molar-refractivity contribution in [2.45, 2.75) is 18.8 Å². The summed E-state index contributed by atoms with van der Waals surface area (Å²) in [5.41, 5.74) is 2.24. The third-order valence-corrected chi connectivity index (χ3v) is 5.90. The van der Waals surface area contributed by atoms with E-state index in [0.29, 0.717) is 33.4 Å². The minimum absolute atomic E-state index is 0.00853. The van der Waals surface area contributed by atoms with E-state index in [9.17, 15) is 23.5 Å². The topological polar surface area (TPSA) is 126 Å². The maximum atomic E-state index is 13.4. The number of likely N-dealkylation sites (tertiary alicyclic amines) is 1. The minimum atomic E-state index is -2.74. The lowest BCUT2D eigenvalue weighted by molar-refractivity contribution is -0.0494. The molecule has 0 radical (unpaired) electrons. The van der Waals surface area contributed by atoms with Crippen molar-refractivity contribution in [2.24, 2.45) is 0 Å². The number of alkyl halides is 2. The predicted octanol–water partition coefficient (Wildman–Crippen LogP) is 4.53. The van der Waals surface area contributed by atoms with Gasteiger partial charge in [-0.15, -0.1) is 10.2 Å². The molecule has 1 fully saturated rings. The highest BCUT2D eigenvalue weighted by Gasteiger charge is 2.35. The molecule has 1 aliphatic rings. The van der Waals surface area contributed by atoms with Gasteiger partial charge in [0.05, 0.1) is 16.8 Å². The summed E-state index contributed by atoms with van der Waals surface area (Å²) in [7, 11) is 1.36. The molecule has 0 saturated carbocycles. The number of hydrogen-bond acceptors (Lipinski definition) is 7. The maximum absolute atomic E-state index is 13.4. The van der Waals surface area contributed by atoms with Crippen molar-refractivity contribution in [3.8, 4) is 22.7 Å². The highest BCUT2D eigenvalue weighted by Crippen LogP contribution is 2.37. The summed E-state index contributed by atoms with van der Waals surface area (Å²) in [4.78, 5) is 30.8. The van der Waals surface area contributed by atoms with Gasteiger partial charge in [-0.2, -0.15) is 0 Å². The largest absolute Gasteiger partial charge is 0.465 e. The van der Waals surface area contributed by atoms with Crippen LogP contribution < -0.4 is 4.90 Å². The number of carbonyl (C=O) groups is 2. The van der Waals surface area contributed by atoms with Crippen LogP contribution in [0.25, 0.3) is 33.7 Å². The number of halogens is 2. The second-order valence-electron chi connectivity index (χ2n) is 8.19. The number of benzene rings is 1. The number of piperidine rings is 1. The molecule has 0 atom stereocenters. The van der Waals surface area contributed by atoms with Gasteiger partial charge in [0, 0.05) is 56.2 Å². The Morgan fingerprint density at radius 2 is 1.94 bits per heavy atom. The SMILES string of the molecule is CN(C(=O)O)c1cc2cc(-c3ccc(C(=O)N4CCC(F)(F)CC4)cn3)cc(-c3nnco3)c2o1. The van der Waals surface area contributed by atoms with Crippen LogP contribution >= 0.6 is 0 Å². The molecule has 10 nitrogen and oxygen atoms in total. The fraction of sp³-hybridized carbons (Fsp3) is 0.261. The molecule has 0 spiro atoms. The van der Waals surface area contributed by atoms with Crippen molar-refractivity contribution in [3.05, 3.63) is 48.5 Å². The molecule has 0 aliphatic carbocycles. The summed E-state index contributed by atoms with van der Waals surface area (Å²) in [6.45, 7) is -0.0171. The number of carbonyl (C=O) groups excluding carboxylic acids is 1. The van der Waals surface area contributed by atoms with E-state index in [0.717, 1.165) is 11.3 Å². The molecular formula is C23H19F2N5O5. The molecule has 1 N–H and O–H groups in total. The van der Waals surface area contributed by atoms with Crippen LogP contribution in [-0.2, 0) is 0 Å². The average molecular weight is 483 g/mol. The fourth-order valence-corrected chi connectivity index (χ4v) is 3.91. The Kier molecular flexibility index (Phi) is 5.42. The first-order valence-electron chi connectivity index (χ1n) is 10.7. The molecule has 180 valence electrons. The number of pyridine rings is 1. The van der Waals surface area contributed by atoms with Gasteiger partial charge in [0.25, 0.3) is 17.7 Å². The van der Waals surface area contributed by atoms with Crippen LogP contribution in [-0.4, -0.2) is 63.2 Å². The fourth-order valence-electron chi connectivity index (χ4n) is 3.91. The van der Waals surface area contributed by atoms with Crippen LogP contribution in [0.1, 0.15) is 23.2 Å². The lowest BCUT2D eigenvalue weighted by Gasteiger charge is -2.31. The van der Waals surface area contributed by atoms with E-state index in [4.69, 9.17) is 8.83 Å². The maximum Gasteiger partial charge on any atom is 0.413 e. The number of aromatic nitrogens is 3. The standard InChI is InChI=1S/C23H19F2N5O5/c1-29(22(32)33)18-10-15-8-14(9-16(19(15)35-18)20-28-27-12-34-20)17-3-2-13(11-26-17)21(31)30-6-4-23(24,25)5-7-30/h2-3,8-12H,4-7H2,1H3,(H,32,33). The monoisotopic (exact) mass is 483 g/mol. The Morgan fingerprint density at radius 3 is 2.57 bits per heavy atom. The first kappa shape index (κ1) is 22.4. The molecule has 2 amide bonds. The second-order valence-corrected chi connectivity index (χ2v) is 8.19. The van der Waals surface area contributed by atoms with Gasteiger partial charge in [-0.1, -0.05) is 0 Å². The van der Waals surface area contributed by atoms with Crippen LogP contribution in [0.4, 0.5) is 19.5 Å². The Bertz CT molecular complexity index is 1390. The highest BCUT2D eigenvalue weighted by molar-refractivity contribution is 5.98. The van der Waals surface area contributed by atoms with Gasteiger partial charge in [0.15, 0.2) is 0 Å². The Morgan fingerprint density at radius 1 is 1.17 bits per heavy atom. The number of fused-ring (bicyclic) bond motifs is 1. The molecule has 5 rings (SSSR count). The van der Waals surface area contributed by atoms with Crippen LogP contribution in [0.15, 0.2) is 51.8 Å². The molecular weight excluding hydrogens is 464 g/mol. The van der Waals surface area contributed by atoms with E-state index in [2.05, 4.69) is 15.2 Å². The zero-order valence-electron chi connectivity index (χ0n) is 18.4. The third kappa shape index (κ3) is 4.29. The summed E-state index contributed by atoms with van der Waals surface area (Å²) in [5.74, 6) is -2.81. The van der Waals surface area contributed by atoms with Gasteiger partial charge in [0.2, 0.25) is 12.3 Å². The Balaban J connectivity index is 1.48. The van der Waals surface area contributed by atoms with Crippen LogP contribution in [0.3, 0.4) is 0 Å². The van der Waals surface area contributed by atoms with Crippen molar-refractivity contribution in [1.82, 2.24) is 20.1 Å². The van der Waals surface area contributed by atoms with E-state index in [-0.39, 0.29) is 43.6 Å². The highest BCUT2D eigenvalue weighted by atomic mass is 19.3. The quantitative estimate of drug-likeness (QED) is 0.449. The predicted molar refractivity (Wildman–Crippen MR) is 119 cm³/mol. The molecule has 1 aliphatic heterocycles. The Hall–Kier alpha value is -4.35. The number of furan rings is 1. The molecule has 4 heterocycles. The molecule has 35 heavy (non-hydrogen) atoms. The average Bonchev–Trinajstić information content (AvgIpc) is 3.53. The smallest absolute Gasteiger partial charge is 0.413 e. The molecule has 1 aromatic carbocycles. The summed E-state index contributed by atoms with van der Waals surface area (Å²) < 4.78 is 37.9. The normalized spacial score (nSPS) is 15.3. The summed E-state index contributed by atoms with van der Waals surface area (Å²) in [6, 6.07) is 8.27. The lowest BCUT2D eigenvalue weighted by Crippen LogP contribution is -2.42. The second kappa shape index (κ2) is 8.46. The molecule has 0 unspecified atom stereocenters. The molecule has 1 saturated heterocycles. The van der Waals surface area contributed by atoms with Gasteiger partial charge in [0.1, 0.15) is 5.58 Å². The summed E-state index contributed by atoms with van der Waals surface area (Å²) in [5, 5.41) is 17.5. The van der Waals surface area contributed by atoms with Crippen LogP contribution in [0.5, 0.6) is 0 Å².